The number of aromatic nitrogens is 5. The lowest BCUT2D eigenvalue weighted by Gasteiger charge is -2.08. The molecule has 0 atom stereocenters. The first-order chi connectivity index (χ1) is 14.5. The van der Waals surface area contributed by atoms with Gasteiger partial charge in [-0.1, -0.05) is 25.1 Å². The lowest BCUT2D eigenvalue weighted by atomic mass is 10.1. The van der Waals surface area contributed by atoms with Gasteiger partial charge in [-0.05, 0) is 30.2 Å². The van der Waals surface area contributed by atoms with E-state index in [1.807, 2.05) is 24.3 Å². The van der Waals surface area contributed by atoms with Gasteiger partial charge in [0.2, 0.25) is 5.43 Å². The van der Waals surface area contributed by atoms with Crippen LogP contribution in [0.3, 0.4) is 0 Å². The summed E-state index contributed by atoms with van der Waals surface area (Å²) in [5, 5.41) is 8.78. The van der Waals surface area contributed by atoms with Crippen LogP contribution in [0.5, 0.6) is 0 Å². The fraction of sp³-hybridized carbons (Fsp3) is 0.182. The molecule has 0 N–H and O–H groups in total. The van der Waals surface area contributed by atoms with E-state index in [2.05, 4.69) is 22.1 Å². The lowest BCUT2D eigenvalue weighted by molar-refractivity contribution is 0.507. The Balaban J connectivity index is 1.62. The third-order valence-electron chi connectivity index (χ3n) is 4.59. The third kappa shape index (κ3) is 4.17. The first-order valence-electron chi connectivity index (χ1n) is 9.56. The normalized spacial score (nSPS) is 11.0. The highest BCUT2D eigenvalue weighted by Gasteiger charge is 2.10. The molecular weight excluding hydrogens is 388 g/mol. The van der Waals surface area contributed by atoms with Crippen LogP contribution in [0.25, 0.3) is 17.1 Å². The maximum Gasteiger partial charge on any atom is 0.203 e. The second-order valence-electron chi connectivity index (χ2n) is 6.88. The van der Waals surface area contributed by atoms with Crippen LogP contribution in [0.4, 0.5) is 8.78 Å². The van der Waals surface area contributed by atoms with Gasteiger partial charge < -0.3 is 0 Å². The van der Waals surface area contributed by atoms with Crippen LogP contribution in [0.1, 0.15) is 24.6 Å². The second kappa shape index (κ2) is 8.36. The van der Waals surface area contributed by atoms with E-state index < -0.39 is 11.6 Å². The fourth-order valence-corrected chi connectivity index (χ4v) is 3.12. The number of halogens is 2. The summed E-state index contributed by atoms with van der Waals surface area (Å²) in [5.74, 6) is -1.30. The third-order valence-corrected chi connectivity index (χ3v) is 4.59. The van der Waals surface area contributed by atoms with E-state index in [4.69, 9.17) is 0 Å². The zero-order valence-corrected chi connectivity index (χ0v) is 16.3. The summed E-state index contributed by atoms with van der Waals surface area (Å²) in [4.78, 5) is 16.7. The Hall–Kier alpha value is -3.68. The quantitative estimate of drug-likeness (QED) is 0.488. The Bertz CT molecular complexity index is 1250. The van der Waals surface area contributed by atoms with Crippen molar-refractivity contribution in [2.75, 3.05) is 0 Å². The number of rotatable bonds is 6. The largest absolute Gasteiger partial charge is 0.288 e. The maximum atomic E-state index is 13.6. The van der Waals surface area contributed by atoms with Gasteiger partial charge >= 0.3 is 0 Å². The highest BCUT2D eigenvalue weighted by Crippen LogP contribution is 2.18. The highest BCUT2D eigenvalue weighted by atomic mass is 19.2. The van der Waals surface area contributed by atoms with Gasteiger partial charge in [-0.15, -0.1) is 0 Å². The number of nitrogens with zero attached hydrogens (tertiary/aromatic N) is 5. The number of hydrogen-bond acceptors (Lipinski definition) is 4. The van der Waals surface area contributed by atoms with E-state index in [1.54, 1.807) is 11.0 Å². The van der Waals surface area contributed by atoms with Crippen molar-refractivity contribution in [1.82, 2.24) is 24.5 Å². The molecule has 0 aliphatic rings. The van der Waals surface area contributed by atoms with E-state index >= 15 is 0 Å². The Morgan fingerprint density at radius 3 is 2.67 bits per heavy atom. The standard InChI is InChI=1S/C22H19F2N5O/c1-2-9-28-14-25-22(27-28)16-5-3-4-15(11-16)12-20-21(30)8-10-29(26-20)17-6-7-18(23)19(24)13-17/h3-8,10-11,13-14H,2,9,12H2,1H3. The molecule has 0 amide bonds. The van der Waals surface area contributed by atoms with Crippen molar-refractivity contribution >= 4 is 0 Å². The molecule has 0 unspecified atom stereocenters. The molecule has 0 radical (unpaired) electrons. The van der Waals surface area contributed by atoms with Gasteiger partial charge in [0.05, 0.1) is 5.69 Å². The van der Waals surface area contributed by atoms with Gasteiger partial charge in [-0.3, -0.25) is 9.48 Å². The molecule has 0 spiro atoms. The molecular formula is C22H19F2N5O. The predicted molar refractivity (Wildman–Crippen MR) is 108 cm³/mol. The summed E-state index contributed by atoms with van der Waals surface area (Å²) < 4.78 is 29.9. The molecule has 0 saturated heterocycles. The van der Waals surface area contributed by atoms with Crippen LogP contribution in [0.2, 0.25) is 0 Å². The van der Waals surface area contributed by atoms with Crippen LogP contribution in [-0.2, 0) is 13.0 Å². The minimum absolute atomic E-state index is 0.232. The molecule has 0 aliphatic carbocycles. The summed E-state index contributed by atoms with van der Waals surface area (Å²) in [6, 6.07) is 12.4. The van der Waals surface area contributed by atoms with Crippen LogP contribution in [-0.4, -0.2) is 24.5 Å². The van der Waals surface area contributed by atoms with Crippen molar-refractivity contribution in [3.05, 3.63) is 94.2 Å². The Morgan fingerprint density at radius 2 is 1.87 bits per heavy atom. The van der Waals surface area contributed by atoms with Crippen molar-refractivity contribution < 1.29 is 8.78 Å². The summed E-state index contributed by atoms with van der Waals surface area (Å²) in [6.45, 7) is 2.87. The van der Waals surface area contributed by atoms with Crippen molar-refractivity contribution in [3.63, 3.8) is 0 Å². The topological polar surface area (TPSA) is 65.6 Å². The van der Waals surface area contributed by atoms with Gasteiger partial charge in [0.15, 0.2) is 17.5 Å². The van der Waals surface area contributed by atoms with Crippen molar-refractivity contribution in [3.8, 4) is 17.1 Å². The molecule has 4 rings (SSSR count). The summed E-state index contributed by atoms with van der Waals surface area (Å²) in [5.41, 5.74) is 2.11. The summed E-state index contributed by atoms with van der Waals surface area (Å²) in [7, 11) is 0. The molecule has 2 heterocycles. The molecule has 6 nitrogen and oxygen atoms in total. The molecule has 0 saturated carbocycles. The van der Waals surface area contributed by atoms with Crippen LogP contribution in [0.15, 0.2) is 65.8 Å². The average Bonchev–Trinajstić information content (AvgIpc) is 3.21. The van der Waals surface area contributed by atoms with Crippen molar-refractivity contribution in [2.24, 2.45) is 0 Å². The maximum absolute atomic E-state index is 13.6. The van der Waals surface area contributed by atoms with Gasteiger partial charge in [-0.25, -0.2) is 18.4 Å². The van der Waals surface area contributed by atoms with E-state index in [0.717, 1.165) is 36.2 Å². The number of benzene rings is 2. The van der Waals surface area contributed by atoms with E-state index in [-0.39, 0.29) is 11.8 Å². The molecule has 2 aromatic heterocycles. The molecule has 8 heteroatoms. The lowest BCUT2D eigenvalue weighted by Crippen LogP contribution is -2.16. The first-order valence-corrected chi connectivity index (χ1v) is 9.56. The van der Waals surface area contributed by atoms with Crippen molar-refractivity contribution in [1.29, 1.82) is 0 Å². The van der Waals surface area contributed by atoms with E-state index in [1.165, 1.54) is 23.0 Å². The highest BCUT2D eigenvalue weighted by molar-refractivity contribution is 5.55. The van der Waals surface area contributed by atoms with Crippen LogP contribution < -0.4 is 5.43 Å². The second-order valence-corrected chi connectivity index (χ2v) is 6.88. The predicted octanol–water partition coefficient (Wildman–Crippen LogP) is 3.77. The smallest absolute Gasteiger partial charge is 0.203 e. The Kier molecular flexibility index (Phi) is 5.47. The fourth-order valence-electron chi connectivity index (χ4n) is 3.12. The number of hydrogen-bond donors (Lipinski definition) is 0. The van der Waals surface area contributed by atoms with Gasteiger partial charge in [-0.2, -0.15) is 10.2 Å². The van der Waals surface area contributed by atoms with Gasteiger partial charge in [0.25, 0.3) is 0 Å². The molecule has 0 bridgehead atoms. The molecule has 30 heavy (non-hydrogen) atoms. The molecule has 152 valence electrons. The van der Waals surface area contributed by atoms with Crippen LogP contribution >= 0.6 is 0 Å². The van der Waals surface area contributed by atoms with Gasteiger partial charge in [0.1, 0.15) is 12.0 Å². The molecule has 2 aromatic carbocycles. The van der Waals surface area contributed by atoms with Crippen molar-refractivity contribution in [2.45, 2.75) is 26.3 Å². The van der Waals surface area contributed by atoms with E-state index in [0.29, 0.717) is 17.2 Å². The SMILES string of the molecule is CCCn1cnc(-c2cccc(Cc3nn(-c4ccc(F)c(F)c4)ccc3=O)c2)n1. The van der Waals surface area contributed by atoms with Crippen LogP contribution in [0, 0.1) is 11.6 Å². The molecule has 4 aromatic rings. The molecule has 0 fully saturated rings. The van der Waals surface area contributed by atoms with E-state index in [9.17, 15) is 13.6 Å². The zero-order valence-electron chi connectivity index (χ0n) is 16.3. The average molecular weight is 407 g/mol. The minimum atomic E-state index is -0.975. The van der Waals surface area contributed by atoms with Gasteiger partial charge in [0, 0.05) is 36.9 Å². The summed E-state index contributed by atoms with van der Waals surface area (Å²) in [6.07, 6.45) is 4.38. The zero-order chi connectivity index (χ0) is 21.1. The Labute approximate surface area is 171 Å². The minimum Gasteiger partial charge on any atom is -0.288 e. The summed E-state index contributed by atoms with van der Waals surface area (Å²) >= 11 is 0. The molecule has 0 aliphatic heterocycles. The first kappa shape index (κ1) is 19.6. The monoisotopic (exact) mass is 407 g/mol. The number of aryl methyl sites for hydroxylation is 1. The Morgan fingerprint density at radius 1 is 1.00 bits per heavy atom.